The Morgan fingerprint density at radius 1 is 1.24 bits per heavy atom. The summed E-state index contributed by atoms with van der Waals surface area (Å²) in [5, 5.41) is 1.14. The Labute approximate surface area is 215 Å². The first-order valence-electron chi connectivity index (χ1n) is 12.4. The Morgan fingerprint density at radius 2 is 1.97 bits per heavy atom. The second-order valence-electron chi connectivity index (χ2n) is 10.6. The summed E-state index contributed by atoms with van der Waals surface area (Å²) >= 11 is 2.37. The van der Waals surface area contributed by atoms with Crippen LogP contribution in [0.3, 0.4) is 0 Å². The fourth-order valence-corrected chi connectivity index (χ4v) is 6.81. The Hall–Kier alpha value is -1.93. The molecular formula is C28H34IN3O2. The van der Waals surface area contributed by atoms with E-state index >= 15 is 0 Å². The summed E-state index contributed by atoms with van der Waals surface area (Å²) in [5.74, 6) is 1.12. The molecule has 0 radical (unpaired) electrons. The molecule has 1 saturated carbocycles. The van der Waals surface area contributed by atoms with Crippen LogP contribution in [0.4, 0.5) is 0 Å². The summed E-state index contributed by atoms with van der Waals surface area (Å²) in [6.07, 6.45) is 6.74. The first kappa shape index (κ1) is 23.8. The SMILES string of the molecule is C[C@H](COCc1ccccc1)c1c(I)[nH]c2cnc(C(C)(C)C(=O)N3CC4CCC3CC4)cc12. The molecule has 1 amide bonds. The van der Waals surface area contributed by atoms with Crippen molar-refractivity contribution >= 4 is 39.4 Å². The number of nitrogens with one attached hydrogen (secondary N) is 1. The van der Waals surface area contributed by atoms with Gasteiger partial charge in [0.15, 0.2) is 0 Å². The molecule has 2 aliphatic heterocycles. The lowest BCUT2D eigenvalue weighted by Gasteiger charge is -2.47. The van der Waals surface area contributed by atoms with E-state index in [-0.39, 0.29) is 11.8 Å². The van der Waals surface area contributed by atoms with Crippen molar-refractivity contribution in [1.29, 1.82) is 0 Å². The van der Waals surface area contributed by atoms with Gasteiger partial charge in [-0.15, -0.1) is 0 Å². The van der Waals surface area contributed by atoms with Crippen LogP contribution >= 0.6 is 22.6 Å². The summed E-state index contributed by atoms with van der Waals surface area (Å²) in [6.45, 7) is 8.44. The van der Waals surface area contributed by atoms with Crippen LogP contribution in [0, 0.1) is 9.62 Å². The molecule has 1 atom stereocenters. The quantitative estimate of drug-likeness (QED) is 0.346. The number of piperidine rings is 2. The molecule has 3 aromatic rings. The molecule has 0 unspecified atom stereocenters. The Morgan fingerprint density at radius 3 is 2.65 bits per heavy atom. The lowest BCUT2D eigenvalue weighted by Crippen LogP contribution is -2.55. The largest absolute Gasteiger partial charge is 0.376 e. The molecule has 6 rings (SSSR count). The van der Waals surface area contributed by atoms with Crippen molar-refractivity contribution < 1.29 is 9.53 Å². The number of hydrogen-bond donors (Lipinski definition) is 1. The van der Waals surface area contributed by atoms with Crippen LogP contribution in [0.25, 0.3) is 10.9 Å². The second-order valence-corrected chi connectivity index (χ2v) is 11.7. The highest BCUT2D eigenvalue weighted by Crippen LogP contribution is 2.39. The maximum Gasteiger partial charge on any atom is 0.234 e. The first-order valence-corrected chi connectivity index (χ1v) is 13.5. The third kappa shape index (κ3) is 4.51. The number of pyridine rings is 1. The van der Waals surface area contributed by atoms with Gasteiger partial charge in [0.1, 0.15) is 0 Å². The minimum Gasteiger partial charge on any atom is -0.376 e. The number of carbonyl (C=O) groups excluding carboxylic acids is 1. The average molecular weight is 572 g/mol. The van der Waals surface area contributed by atoms with Crippen LogP contribution in [-0.2, 0) is 21.6 Å². The number of halogens is 1. The number of ether oxygens (including phenoxy) is 1. The zero-order valence-corrected chi connectivity index (χ0v) is 22.5. The van der Waals surface area contributed by atoms with Crippen molar-refractivity contribution in [3.63, 3.8) is 0 Å². The lowest BCUT2D eigenvalue weighted by atomic mass is 9.77. The van der Waals surface area contributed by atoms with Gasteiger partial charge >= 0.3 is 0 Å². The number of benzene rings is 1. The number of rotatable bonds is 7. The molecule has 2 saturated heterocycles. The number of H-pyrrole nitrogens is 1. The van der Waals surface area contributed by atoms with Gasteiger partial charge in [-0.25, -0.2) is 0 Å². The van der Waals surface area contributed by atoms with Crippen molar-refractivity contribution in [3.8, 4) is 0 Å². The summed E-state index contributed by atoms with van der Waals surface area (Å²) in [5.41, 5.74) is 3.63. The number of fused-ring (bicyclic) bond motifs is 4. The van der Waals surface area contributed by atoms with Crippen LogP contribution in [0.2, 0.25) is 0 Å². The molecule has 1 aromatic carbocycles. The van der Waals surface area contributed by atoms with Crippen molar-refractivity contribution in [2.24, 2.45) is 5.92 Å². The van der Waals surface area contributed by atoms with E-state index in [1.54, 1.807) is 0 Å². The monoisotopic (exact) mass is 571 g/mol. The van der Waals surface area contributed by atoms with Gasteiger partial charge in [-0.1, -0.05) is 37.3 Å². The van der Waals surface area contributed by atoms with E-state index in [9.17, 15) is 4.79 Å². The normalized spacial score (nSPS) is 21.2. The van der Waals surface area contributed by atoms with Gasteiger partial charge in [-0.05, 0) is 85.2 Å². The standard InChI is InChI=1S/C28H34IN3O2/c1-18(16-34-17-20-7-5-4-6-8-20)25-22-13-24(30-14-23(22)31-26(25)29)28(2,3)27(33)32-15-19-9-11-21(32)12-10-19/h4-8,13-14,18-19,21,31H,9-12,15-17H2,1-3H3/t18-,19?,21?/m1/s1. The van der Waals surface area contributed by atoms with Gasteiger partial charge in [-0.3, -0.25) is 9.78 Å². The molecule has 1 N–H and O–H groups in total. The zero-order chi connectivity index (χ0) is 23.9. The van der Waals surface area contributed by atoms with Crippen molar-refractivity contribution in [2.45, 2.75) is 70.4 Å². The maximum absolute atomic E-state index is 13.7. The molecular weight excluding hydrogens is 537 g/mol. The van der Waals surface area contributed by atoms with E-state index in [1.807, 2.05) is 38.2 Å². The molecule has 34 heavy (non-hydrogen) atoms. The number of nitrogens with zero attached hydrogens (tertiary/aromatic N) is 2. The molecule has 0 spiro atoms. The molecule has 2 bridgehead atoms. The highest BCUT2D eigenvalue weighted by atomic mass is 127. The number of aromatic nitrogens is 2. The molecule has 5 nitrogen and oxygen atoms in total. The molecule has 1 aliphatic carbocycles. The van der Waals surface area contributed by atoms with Crippen molar-refractivity contribution in [1.82, 2.24) is 14.9 Å². The Kier molecular flexibility index (Phi) is 6.73. The van der Waals surface area contributed by atoms with Crippen molar-refractivity contribution in [3.05, 3.63) is 63.1 Å². The Balaban J connectivity index is 1.37. The van der Waals surface area contributed by atoms with Crippen LogP contribution in [-0.4, -0.2) is 40.0 Å². The minimum absolute atomic E-state index is 0.219. The molecule has 3 aliphatic rings. The molecule has 3 fully saturated rings. The fraction of sp³-hybridized carbons (Fsp3) is 0.500. The molecule has 4 heterocycles. The number of aromatic amines is 1. The van der Waals surface area contributed by atoms with Crippen molar-refractivity contribution in [2.75, 3.05) is 13.2 Å². The van der Waals surface area contributed by atoms with Crippen LogP contribution in [0.1, 0.15) is 69.2 Å². The molecule has 180 valence electrons. The number of amides is 1. The van der Waals surface area contributed by atoms with Crippen LogP contribution in [0.5, 0.6) is 0 Å². The summed E-state index contributed by atoms with van der Waals surface area (Å²) < 4.78 is 7.17. The van der Waals surface area contributed by atoms with Gasteiger partial charge in [0.05, 0.1) is 39.7 Å². The zero-order valence-electron chi connectivity index (χ0n) is 20.3. The number of hydrogen-bond acceptors (Lipinski definition) is 3. The smallest absolute Gasteiger partial charge is 0.234 e. The van der Waals surface area contributed by atoms with E-state index in [0.29, 0.717) is 25.2 Å². The average Bonchev–Trinajstić information content (AvgIpc) is 3.19. The highest BCUT2D eigenvalue weighted by Gasteiger charge is 2.43. The van der Waals surface area contributed by atoms with Gasteiger partial charge in [-0.2, -0.15) is 0 Å². The maximum atomic E-state index is 13.7. The topological polar surface area (TPSA) is 58.2 Å². The summed E-state index contributed by atoms with van der Waals surface area (Å²) in [6, 6.07) is 12.8. The fourth-order valence-electron chi connectivity index (χ4n) is 5.70. The Bertz CT molecular complexity index is 1170. The van der Waals surface area contributed by atoms with Crippen LogP contribution in [0.15, 0.2) is 42.6 Å². The third-order valence-corrected chi connectivity index (χ3v) is 8.65. The second kappa shape index (κ2) is 9.61. The van der Waals surface area contributed by atoms with Gasteiger partial charge in [0, 0.05) is 23.9 Å². The van der Waals surface area contributed by atoms with E-state index in [1.165, 1.54) is 24.0 Å². The van der Waals surface area contributed by atoms with Gasteiger partial charge < -0.3 is 14.6 Å². The first-order chi connectivity index (χ1) is 16.3. The predicted molar refractivity (Wildman–Crippen MR) is 144 cm³/mol. The molecule has 6 heteroatoms. The summed E-state index contributed by atoms with van der Waals surface area (Å²) in [4.78, 5) is 24.1. The van der Waals surface area contributed by atoms with Crippen LogP contribution < -0.4 is 0 Å². The van der Waals surface area contributed by atoms with Gasteiger partial charge in [0.2, 0.25) is 5.91 Å². The third-order valence-electron chi connectivity index (χ3n) is 7.80. The predicted octanol–water partition coefficient (Wildman–Crippen LogP) is 6.17. The number of carbonyl (C=O) groups is 1. The summed E-state index contributed by atoms with van der Waals surface area (Å²) in [7, 11) is 0. The van der Waals surface area contributed by atoms with Gasteiger partial charge in [0.25, 0.3) is 0 Å². The minimum atomic E-state index is -0.654. The van der Waals surface area contributed by atoms with E-state index < -0.39 is 5.41 Å². The van der Waals surface area contributed by atoms with E-state index in [2.05, 4.69) is 57.6 Å². The van der Waals surface area contributed by atoms with E-state index in [4.69, 9.17) is 9.72 Å². The molecule has 2 aromatic heterocycles. The van der Waals surface area contributed by atoms with E-state index in [0.717, 1.165) is 39.7 Å². The highest BCUT2D eigenvalue weighted by molar-refractivity contribution is 14.1. The lowest BCUT2D eigenvalue weighted by molar-refractivity contribution is -0.144.